The number of hydrogen-bond donors (Lipinski definition) is 0. The number of Topliss-reactive ketones (excluding diaryl/α,β-unsaturated/α-hetero) is 1. The number of ether oxygens (including phenoxy) is 1. The van der Waals surface area contributed by atoms with E-state index in [-0.39, 0.29) is 54.5 Å². The first-order valence-corrected chi connectivity index (χ1v) is 7.94. The molecule has 9 heteroatoms. The number of fused-ring (bicyclic) bond motifs is 1. The van der Waals surface area contributed by atoms with Gasteiger partial charge in [0.15, 0.2) is 5.78 Å². The Morgan fingerprint density at radius 1 is 1.21 bits per heavy atom. The molecule has 0 saturated carbocycles. The second kappa shape index (κ2) is 5.81. The van der Waals surface area contributed by atoms with Crippen LogP contribution in [0, 0.1) is 0 Å². The van der Waals surface area contributed by atoms with E-state index in [0.717, 1.165) is 4.90 Å². The van der Waals surface area contributed by atoms with E-state index in [4.69, 9.17) is 27.9 Å². The fourth-order valence-electron chi connectivity index (χ4n) is 3.09. The summed E-state index contributed by atoms with van der Waals surface area (Å²) >= 11 is 12.0. The molecule has 0 atom stereocenters. The summed E-state index contributed by atoms with van der Waals surface area (Å²) in [6.45, 7) is -0.266. The highest BCUT2D eigenvalue weighted by molar-refractivity contribution is 6.36. The first-order chi connectivity index (χ1) is 11.1. The monoisotopic (exact) mass is 381 g/mol. The van der Waals surface area contributed by atoms with Crippen molar-refractivity contribution in [2.24, 2.45) is 0 Å². The first-order valence-electron chi connectivity index (χ1n) is 7.19. The van der Waals surface area contributed by atoms with Crippen molar-refractivity contribution >= 4 is 34.9 Å². The maximum Gasteiger partial charge on any atom is 0.471 e. The number of halogens is 5. The molecule has 0 aliphatic carbocycles. The Balaban J connectivity index is 1.80. The molecule has 130 valence electrons. The molecule has 0 aromatic heterocycles. The molecular weight excluding hydrogens is 370 g/mol. The minimum atomic E-state index is -4.90. The molecule has 0 radical (unpaired) electrons. The second-order valence-electron chi connectivity index (χ2n) is 5.94. The lowest BCUT2D eigenvalue weighted by atomic mass is 9.82. The number of amides is 1. The van der Waals surface area contributed by atoms with Gasteiger partial charge in [0.05, 0.1) is 17.0 Å². The summed E-state index contributed by atoms with van der Waals surface area (Å²) < 4.78 is 43.4. The number of likely N-dealkylation sites (tertiary alicyclic amines) is 1. The van der Waals surface area contributed by atoms with Crippen molar-refractivity contribution in [3.63, 3.8) is 0 Å². The van der Waals surface area contributed by atoms with Crippen LogP contribution in [0.5, 0.6) is 5.75 Å². The van der Waals surface area contributed by atoms with E-state index in [9.17, 15) is 22.8 Å². The van der Waals surface area contributed by atoms with Crippen molar-refractivity contribution in [3.8, 4) is 5.75 Å². The molecule has 1 saturated heterocycles. The Bertz CT molecular complexity index is 713. The average molecular weight is 382 g/mol. The smallest absolute Gasteiger partial charge is 0.471 e. The zero-order chi connectivity index (χ0) is 17.7. The molecule has 1 aromatic carbocycles. The van der Waals surface area contributed by atoms with E-state index in [1.807, 2.05) is 0 Å². The van der Waals surface area contributed by atoms with Crippen LogP contribution in [0.15, 0.2) is 12.1 Å². The van der Waals surface area contributed by atoms with Crippen LogP contribution in [0.4, 0.5) is 13.2 Å². The van der Waals surface area contributed by atoms with Gasteiger partial charge in [-0.3, -0.25) is 9.59 Å². The summed E-state index contributed by atoms with van der Waals surface area (Å²) in [5.41, 5.74) is -0.670. The highest BCUT2D eigenvalue weighted by atomic mass is 35.5. The third-order valence-electron chi connectivity index (χ3n) is 4.31. The van der Waals surface area contributed by atoms with Crippen molar-refractivity contribution in [1.82, 2.24) is 4.90 Å². The Kier molecular flexibility index (Phi) is 4.20. The second-order valence-corrected chi connectivity index (χ2v) is 6.78. The summed E-state index contributed by atoms with van der Waals surface area (Å²) in [4.78, 5) is 24.4. The molecule has 1 fully saturated rings. The number of carbonyl (C=O) groups is 2. The molecule has 1 spiro atoms. The van der Waals surface area contributed by atoms with Crippen LogP contribution in [-0.4, -0.2) is 41.5 Å². The van der Waals surface area contributed by atoms with Gasteiger partial charge in [0, 0.05) is 31.0 Å². The molecule has 0 bridgehead atoms. The molecule has 2 aliphatic rings. The van der Waals surface area contributed by atoms with Crippen LogP contribution in [0.1, 0.15) is 29.6 Å². The highest BCUT2D eigenvalue weighted by Gasteiger charge is 2.48. The summed E-state index contributed by atoms with van der Waals surface area (Å²) in [5, 5.41) is 0.482. The predicted molar refractivity (Wildman–Crippen MR) is 80.6 cm³/mol. The lowest BCUT2D eigenvalue weighted by molar-refractivity contribution is -0.188. The standard InChI is InChI=1S/C15H12Cl2F3NO3/c16-8-5-9-11(22)7-14(24-12(9)10(17)6-8)1-3-21(4-2-14)13(23)15(18,19)20/h5-6H,1-4,7H2. The number of benzene rings is 1. The number of nitrogens with zero attached hydrogens (tertiary/aromatic N) is 1. The third kappa shape index (κ3) is 3.07. The summed E-state index contributed by atoms with van der Waals surface area (Å²) in [7, 11) is 0. The minimum Gasteiger partial charge on any atom is -0.484 e. The van der Waals surface area contributed by atoms with Crippen LogP contribution in [0.3, 0.4) is 0 Å². The van der Waals surface area contributed by atoms with Crippen LogP contribution in [-0.2, 0) is 4.79 Å². The van der Waals surface area contributed by atoms with Crippen molar-refractivity contribution < 1.29 is 27.5 Å². The Hall–Kier alpha value is -1.47. The largest absolute Gasteiger partial charge is 0.484 e. The van der Waals surface area contributed by atoms with Gasteiger partial charge in [-0.05, 0) is 12.1 Å². The van der Waals surface area contributed by atoms with Crippen LogP contribution >= 0.6 is 23.2 Å². The Labute approximate surface area is 145 Å². The quantitative estimate of drug-likeness (QED) is 0.684. The summed E-state index contributed by atoms with van der Waals surface area (Å²) in [5.74, 6) is -1.89. The van der Waals surface area contributed by atoms with Crippen molar-refractivity contribution in [1.29, 1.82) is 0 Å². The van der Waals surface area contributed by atoms with Crippen LogP contribution in [0.25, 0.3) is 0 Å². The molecule has 2 heterocycles. The predicted octanol–water partition coefficient (Wildman–Crippen LogP) is 3.88. The molecule has 4 nitrogen and oxygen atoms in total. The van der Waals surface area contributed by atoms with Crippen LogP contribution < -0.4 is 4.74 Å². The molecule has 2 aliphatic heterocycles. The van der Waals surface area contributed by atoms with Gasteiger partial charge in [-0.15, -0.1) is 0 Å². The van der Waals surface area contributed by atoms with E-state index in [1.54, 1.807) is 0 Å². The summed E-state index contributed by atoms with van der Waals surface area (Å²) in [6, 6.07) is 2.90. The molecule has 3 rings (SSSR count). The fraction of sp³-hybridized carbons (Fsp3) is 0.467. The van der Waals surface area contributed by atoms with E-state index in [0.29, 0.717) is 5.02 Å². The number of alkyl halides is 3. The van der Waals surface area contributed by atoms with Crippen molar-refractivity contribution in [3.05, 3.63) is 27.7 Å². The lowest BCUT2D eigenvalue weighted by Gasteiger charge is -2.44. The maximum absolute atomic E-state index is 12.5. The number of rotatable bonds is 0. The molecule has 0 N–H and O–H groups in total. The maximum atomic E-state index is 12.5. The molecule has 1 amide bonds. The third-order valence-corrected chi connectivity index (χ3v) is 4.81. The number of piperidine rings is 1. The minimum absolute atomic E-state index is 0.0186. The van der Waals surface area contributed by atoms with Gasteiger partial charge in [0.25, 0.3) is 0 Å². The zero-order valence-corrected chi connectivity index (χ0v) is 13.8. The highest BCUT2D eigenvalue weighted by Crippen LogP contribution is 2.44. The lowest BCUT2D eigenvalue weighted by Crippen LogP contribution is -2.54. The summed E-state index contributed by atoms with van der Waals surface area (Å²) in [6.07, 6.45) is -4.64. The van der Waals surface area contributed by atoms with Crippen molar-refractivity contribution in [2.75, 3.05) is 13.1 Å². The normalized spacial score (nSPS) is 19.9. The number of ketones is 1. The Morgan fingerprint density at radius 2 is 1.83 bits per heavy atom. The topological polar surface area (TPSA) is 46.6 Å². The average Bonchev–Trinajstić information content (AvgIpc) is 2.48. The molecule has 0 unspecified atom stereocenters. The van der Waals surface area contributed by atoms with Gasteiger partial charge in [0.1, 0.15) is 11.4 Å². The van der Waals surface area contributed by atoms with Gasteiger partial charge >= 0.3 is 12.1 Å². The fourth-order valence-corrected chi connectivity index (χ4v) is 3.62. The zero-order valence-electron chi connectivity index (χ0n) is 12.3. The van der Waals surface area contributed by atoms with Gasteiger partial charge < -0.3 is 9.64 Å². The van der Waals surface area contributed by atoms with Gasteiger partial charge in [-0.2, -0.15) is 13.2 Å². The van der Waals surface area contributed by atoms with E-state index in [1.165, 1.54) is 12.1 Å². The van der Waals surface area contributed by atoms with E-state index >= 15 is 0 Å². The number of hydrogen-bond acceptors (Lipinski definition) is 3. The number of carbonyl (C=O) groups excluding carboxylic acids is 2. The van der Waals surface area contributed by atoms with Crippen LogP contribution in [0.2, 0.25) is 10.0 Å². The first kappa shape index (κ1) is 17.4. The Morgan fingerprint density at radius 3 is 2.42 bits per heavy atom. The SMILES string of the molecule is O=C1CC2(CCN(C(=O)C(F)(F)F)CC2)Oc2c(Cl)cc(Cl)cc21. The molecule has 24 heavy (non-hydrogen) atoms. The van der Waals surface area contributed by atoms with E-state index in [2.05, 4.69) is 0 Å². The molecular formula is C15H12Cl2F3NO3. The van der Waals surface area contributed by atoms with Gasteiger partial charge in [-0.1, -0.05) is 23.2 Å². The van der Waals surface area contributed by atoms with Crippen molar-refractivity contribution in [2.45, 2.75) is 31.0 Å². The van der Waals surface area contributed by atoms with Gasteiger partial charge in [-0.25, -0.2) is 0 Å². The van der Waals surface area contributed by atoms with E-state index < -0.39 is 17.7 Å². The molecule has 1 aromatic rings. The van der Waals surface area contributed by atoms with Gasteiger partial charge in [0.2, 0.25) is 0 Å².